The second-order valence-electron chi connectivity index (χ2n) is 10.8. The monoisotopic (exact) mass is 650 g/mol. The lowest BCUT2D eigenvalue weighted by Crippen LogP contribution is -2.37. The highest BCUT2D eigenvalue weighted by Crippen LogP contribution is 2.29. The molecule has 2 heterocycles. The quantitative estimate of drug-likeness (QED) is 0.236. The van der Waals surface area contributed by atoms with E-state index in [1.54, 1.807) is 11.7 Å². The molecule has 6 rings (SSSR count). The number of hydrogen-bond donors (Lipinski definition) is 1. The van der Waals surface area contributed by atoms with Gasteiger partial charge in [-0.15, -0.1) is 0 Å². The third kappa shape index (κ3) is 6.00. The molecule has 1 atom stereocenters. The standard InChI is InChI=1S/C32H32BrClN4O4/c1-20(22-4-8-24(41-2)9-5-22)35-31(39)30-29-19-36(18-21-3-14-27(33)28(34)17-21)15-16-37(29)32(40)38(30)23-6-10-25(11-7-23)42-26-12-13-26/h3-11,14,17,20,26H,12-13,15-16,18-19H2,1-2H3,(H,35,39). The highest BCUT2D eigenvalue weighted by molar-refractivity contribution is 9.10. The van der Waals surface area contributed by atoms with E-state index < -0.39 is 0 Å². The van der Waals surface area contributed by atoms with Crippen LogP contribution < -0.4 is 20.5 Å². The third-order valence-corrected chi connectivity index (χ3v) is 8.98. The molecule has 1 saturated carbocycles. The fourth-order valence-corrected chi connectivity index (χ4v) is 5.76. The molecule has 10 heteroatoms. The highest BCUT2D eigenvalue weighted by atomic mass is 79.9. The molecule has 0 radical (unpaired) electrons. The number of halogens is 2. The summed E-state index contributed by atoms with van der Waals surface area (Å²) in [6, 6.07) is 20.6. The average molecular weight is 652 g/mol. The van der Waals surface area contributed by atoms with E-state index in [2.05, 4.69) is 26.1 Å². The lowest BCUT2D eigenvalue weighted by molar-refractivity contribution is 0.0929. The number of carbonyl (C=O) groups is 1. The molecular weight excluding hydrogens is 620 g/mol. The molecule has 1 N–H and O–H groups in total. The van der Waals surface area contributed by atoms with Crippen LogP contribution >= 0.6 is 27.5 Å². The van der Waals surface area contributed by atoms with Gasteiger partial charge in [-0.3, -0.25) is 18.8 Å². The molecule has 1 aliphatic heterocycles. The van der Waals surface area contributed by atoms with Crippen molar-refractivity contribution >= 4 is 33.4 Å². The van der Waals surface area contributed by atoms with Crippen molar-refractivity contribution in [3.63, 3.8) is 0 Å². The molecular formula is C32H32BrClN4O4. The van der Waals surface area contributed by atoms with E-state index in [4.69, 9.17) is 21.1 Å². The molecule has 2 aliphatic rings. The van der Waals surface area contributed by atoms with Crippen LogP contribution in [0.2, 0.25) is 5.02 Å². The molecule has 8 nitrogen and oxygen atoms in total. The van der Waals surface area contributed by atoms with Crippen LogP contribution in [0.5, 0.6) is 11.5 Å². The van der Waals surface area contributed by atoms with Crippen molar-refractivity contribution in [1.82, 2.24) is 19.4 Å². The van der Waals surface area contributed by atoms with E-state index in [0.29, 0.717) is 48.3 Å². The number of imidazole rings is 1. The molecule has 42 heavy (non-hydrogen) atoms. The van der Waals surface area contributed by atoms with E-state index in [9.17, 15) is 9.59 Å². The van der Waals surface area contributed by atoms with E-state index in [1.165, 1.54) is 4.57 Å². The topological polar surface area (TPSA) is 77.7 Å². The summed E-state index contributed by atoms with van der Waals surface area (Å²) in [6.45, 7) is 4.16. The zero-order chi connectivity index (χ0) is 29.4. The van der Waals surface area contributed by atoms with Gasteiger partial charge >= 0.3 is 5.69 Å². The molecule has 1 unspecified atom stereocenters. The van der Waals surface area contributed by atoms with Gasteiger partial charge in [-0.05, 0) is 95.4 Å². The first-order chi connectivity index (χ1) is 20.3. The number of benzene rings is 3. The normalized spacial score (nSPS) is 15.6. The van der Waals surface area contributed by atoms with Gasteiger partial charge in [0.05, 0.1) is 35.7 Å². The van der Waals surface area contributed by atoms with E-state index in [1.807, 2.05) is 73.7 Å². The number of rotatable bonds is 9. The van der Waals surface area contributed by atoms with Crippen molar-refractivity contribution in [2.45, 2.75) is 51.5 Å². The molecule has 0 bridgehead atoms. The van der Waals surface area contributed by atoms with Crippen LogP contribution in [0.25, 0.3) is 5.69 Å². The van der Waals surface area contributed by atoms with Gasteiger partial charge in [-0.1, -0.05) is 29.8 Å². The Hall–Kier alpha value is -3.53. The van der Waals surface area contributed by atoms with E-state index in [0.717, 1.165) is 39.9 Å². The Morgan fingerprint density at radius 2 is 1.76 bits per heavy atom. The maximum atomic E-state index is 14.0. The molecule has 1 aromatic heterocycles. The zero-order valence-corrected chi connectivity index (χ0v) is 25.8. The first-order valence-corrected chi connectivity index (χ1v) is 15.2. The van der Waals surface area contributed by atoms with Crippen LogP contribution in [0.1, 0.15) is 53.1 Å². The summed E-state index contributed by atoms with van der Waals surface area (Å²) < 4.78 is 15.3. The number of fused-ring (bicyclic) bond motifs is 1. The minimum absolute atomic E-state index is 0.227. The number of hydrogen-bond acceptors (Lipinski definition) is 5. The molecule has 0 saturated heterocycles. The van der Waals surface area contributed by atoms with Crippen molar-refractivity contribution in [1.29, 1.82) is 0 Å². The Bertz CT molecular complexity index is 1660. The molecule has 1 aliphatic carbocycles. The number of ether oxygens (including phenoxy) is 2. The summed E-state index contributed by atoms with van der Waals surface area (Å²) >= 11 is 9.80. The maximum absolute atomic E-state index is 14.0. The summed E-state index contributed by atoms with van der Waals surface area (Å²) in [5.41, 5.74) is 3.42. The van der Waals surface area contributed by atoms with E-state index in [-0.39, 0.29) is 23.7 Å². The summed E-state index contributed by atoms with van der Waals surface area (Å²) in [7, 11) is 1.62. The second-order valence-corrected chi connectivity index (χ2v) is 12.1. The number of methoxy groups -OCH3 is 1. The van der Waals surface area contributed by atoms with Crippen molar-refractivity contribution < 1.29 is 14.3 Å². The van der Waals surface area contributed by atoms with Crippen molar-refractivity contribution in [2.24, 2.45) is 0 Å². The van der Waals surface area contributed by atoms with Gasteiger partial charge in [0, 0.05) is 30.7 Å². The van der Waals surface area contributed by atoms with Gasteiger partial charge in [0.2, 0.25) is 0 Å². The lowest BCUT2D eigenvalue weighted by atomic mass is 10.1. The van der Waals surface area contributed by atoms with Gasteiger partial charge in [-0.25, -0.2) is 4.79 Å². The Kier molecular flexibility index (Phi) is 8.16. The van der Waals surface area contributed by atoms with Crippen LogP contribution in [0.3, 0.4) is 0 Å². The van der Waals surface area contributed by atoms with Gasteiger partial charge < -0.3 is 14.8 Å². The number of aromatic nitrogens is 2. The van der Waals surface area contributed by atoms with Gasteiger partial charge in [0.1, 0.15) is 17.2 Å². The molecule has 1 fully saturated rings. The van der Waals surface area contributed by atoms with Crippen molar-refractivity contribution in [3.05, 3.63) is 109 Å². The van der Waals surface area contributed by atoms with Crippen molar-refractivity contribution in [2.75, 3.05) is 13.7 Å². The Labute approximate surface area is 257 Å². The predicted octanol–water partition coefficient (Wildman–Crippen LogP) is 6.11. The van der Waals surface area contributed by atoms with Gasteiger partial charge in [0.25, 0.3) is 5.91 Å². The van der Waals surface area contributed by atoms with Crippen LogP contribution in [0.15, 0.2) is 76.0 Å². The Morgan fingerprint density at radius 1 is 1.05 bits per heavy atom. The Balaban J connectivity index is 1.34. The Morgan fingerprint density at radius 3 is 2.43 bits per heavy atom. The summed E-state index contributed by atoms with van der Waals surface area (Å²) in [5.74, 6) is 1.20. The number of carbonyl (C=O) groups excluding carboxylic acids is 1. The van der Waals surface area contributed by atoms with Gasteiger partial charge in [-0.2, -0.15) is 0 Å². The molecule has 0 spiro atoms. The number of amides is 1. The predicted molar refractivity (Wildman–Crippen MR) is 166 cm³/mol. The van der Waals surface area contributed by atoms with Crippen LogP contribution in [-0.4, -0.2) is 39.7 Å². The molecule has 4 aromatic rings. The van der Waals surface area contributed by atoms with E-state index >= 15 is 0 Å². The smallest absolute Gasteiger partial charge is 0.333 e. The summed E-state index contributed by atoms with van der Waals surface area (Å²) in [5, 5.41) is 3.78. The molecule has 218 valence electrons. The third-order valence-electron chi connectivity index (χ3n) is 7.75. The minimum atomic E-state index is -0.309. The first-order valence-electron chi connectivity index (χ1n) is 14.0. The number of nitrogens with one attached hydrogen (secondary N) is 1. The SMILES string of the molecule is COc1ccc(C(C)NC(=O)c2c3n(c(=O)n2-c2ccc(OC4CC4)cc2)CCN(Cc2ccc(Br)c(Cl)c2)C3)cc1. The lowest BCUT2D eigenvalue weighted by Gasteiger charge is -2.28. The summed E-state index contributed by atoms with van der Waals surface area (Å²) in [6.07, 6.45) is 2.40. The molecule has 3 aromatic carbocycles. The largest absolute Gasteiger partial charge is 0.497 e. The van der Waals surface area contributed by atoms with Crippen LogP contribution in [-0.2, 0) is 19.6 Å². The zero-order valence-electron chi connectivity index (χ0n) is 23.5. The van der Waals surface area contributed by atoms with Crippen LogP contribution in [0, 0.1) is 0 Å². The van der Waals surface area contributed by atoms with Crippen LogP contribution in [0.4, 0.5) is 0 Å². The van der Waals surface area contributed by atoms with Gasteiger partial charge in [0.15, 0.2) is 0 Å². The molecule has 1 amide bonds. The number of nitrogens with zero attached hydrogens (tertiary/aromatic N) is 3. The average Bonchev–Trinajstić information content (AvgIpc) is 3.77. The minimum Gasteiger partial charge on any atom is -0.497 e. The highest BCUT2D eigenvalue weighted by Gasteiger charge is 2.31. The summed E-state index contributed by atoms with van der Waals surface area (Å²) in [4.78, 5) is 30.1. The second kappa shape index (κ2) is 12.0. The van der Waals surface area contributed by atoms with Crippen molar-refractivity contribution in [3.8, 4) is 17.2 Å². The first kappa shape index (κ1) is 28.6. The fraction of sp³-hybridized carbons (Fsp3) is 0.312. The maximum Gasteiger partial charge on any atom is 0.333 e. The fourth-order valence-electron chi connectivity index (χ4n) is 5.31.